The number of hydrogen-bond donors (Lipinski definition) is 2. The molecule has 0 fully saturated rings. The Morgan fingerprint density at radius 3 is 2.69 bits per heavy atom. The van der Waals surface area contributed by atoms with E-state index in [0.717, 1.165) is 0 Å². The summed E-state index contributed by atoms with van der Waals surface area (Å²) in [6.07, 6.45) is 0. The third-order valence-corrected chi connectivity index (χ3v) is 2.18. The molecule has 0 aliphatic rings. The van der Waals surface area contributed by atoms with Gasteiger partial charge < -0.3 is 5.11 Å². The Bertz CT molecular complexity index is 336. The lowest BCUT2D eigenvalue weighted by atomic mass is 10.1. The van der Waals surface area contributed by atoms with Crippen LogP contribution in [-0.2, 0) is 0 Å². The van der Waals surface area contributed by atoms with Gasteiger partial charge in [0.2, 0.25) is 0 Å². The number of Topliss-reactive ketones (excluding diaryl/α,β-unsaturated/α-hetero) is 1. The number of hydrogen-bond acceptors (Lipinski definition) is 3. The molecule has 0 radical (unpaired) electrons. The summed E-state index contributed by atoms with van der Waals surface area (Å²) in [7, 11) is 0. The number of phenols is 1. The quantitative estimate of drug-likeness (QED) is 0.453. The van der Waals surface area contributed by atoms with E-state index in [-0.39, 0.29) is 11.5 Å². The van der Waals surface area contributed by atoms with E-state index in [1.165, 1.54) is 18.2 Å². The fraction of sp³-hybridized carbons (Fsp3) is 0.222. The average molecular weight is 217 g/mol. The molecule has 1 rings (SSSR count). The van der Waals surface area contributed by atoms with Crippen molar-refractivity contribution in [3.63, 3.8) is 0 Å². The molecule has 0 heterocycles. The molecule has 0 aliphatic carbocycles. The maximum Gasteiger partial charge on any atom is 0.181 e. The molecule has 0 bridgehead atoms. The molecular weight excluding hydrogens is 208 g/mol. The lowest BCUT2D eigenvalue weighted by Crippen LogP contribution is -2.10. The zero-order valence-corrected chi connectivity index (χ0v) is 8.64. The molecular formula is C9H9ClO2S. The van der Waals surface area contributed by atoms with Crippen LogP contribution in [0.15, 0.2) is 23.1 Å². The third-order valence-electron chi connectivity index (χ3n) is 1.61. The molecule has 4 heteroatoms. The van der Waals surface area contributed by atoms with E-state index in [2.05, 4.69) is 12.6 Å². The molecule has 1 atom stereocenters. The summed E-state index contributed by atoms with van der Waals surface area (Å²) >= 11 is 9.69. The number of alkyl halides is 1. The highest BCUT2D eigenvalue weighted by Crippen LogP contribution is 2.22. The molecule has 2 nitrogen and oxygen atoms in total. The molecule has 0 amide bonds. The number of carbonyl (C=O) groups excluding carboxylic acids is 1. The summed E-state index contributed by atoms with van der Waals surface area (Å²) in [6.45, 7) is 1.60. The van der Waals surface area contributed by atoms with Crippen molar-refractivity contribution < 1.29 is 9.90 Å². The Morgan fingerprint density at radius 2 is 2.23 bits per heavy atom. The van der Waals surface area contributed by atoms with E-state index in [4.69, 9.17) is 16.7 Å². The second-order valence-corrected chi connectivity index (χ2v) is 3.82. The maximum absolute atomic E-state index is 11.4. The van der Waals surface area contributed by atoms with Gasteiger partial charge in [0, 0.05) is 10.5 Å². The predicted octanol–water partition coefficient (Wildman–Crippen LogP) is 2.49. The minimum Gasteiger partial charge on any atom is -0.508 e. The molecule has 70 valence electrons. The molecule has 1 aromatic rings. The van der Waals surface area contributed by atoms with Crippen LogP contribution in [0, 0.1) is 0 Å². The highest BCUT2D eigenvalue weighted by molar-refractivity contribution is 7.80. The van der Waals surface area contributed by atoms with Crippen LogP contribution in [0.4, 0.5) is 0 Å². The van der Waals surface area contributed by atoms with Crippen LogP contribution in [0.25, 0.3) is 0 Å². The number of carbonyl (C=O) groups is 1. The van der Waals surface area contributed by atoms with Crippen LogP contribution in [-0.4, -0.2) is 16.3 Å². The van der Waals surface area contributed by atoms with Gasteiger partial charge in [-0.1, -0.05) is 0 Å². The summed E-state index contributed by atoms with van der Waals surface area (Å²) in [5.41, 5.74) is 0.434. The molecule has 1 unspecified atom stereocenters. The van der Waals surface area contributed by atoms with Gasteiger partial charge in [-0.15, -0.1) is 24.2 Å². The first-order valence-electron chi connectivity index (χ1n) is 3.72. The van der Waals surface area contributed by atoms with Gasteiger partial charge in [0.05, 0.1) is 5.38 Å². The van der Waals surface area contributed by atoms with Gasteiger partial charge >= 0.3 is 0 Å². The Morgan fingerprint density at radius 1 is 1.62 bits per heavy atom. The standard InChI is InChI=1S/C9H9ClO2S/c1-5(10)9(12)7-3-2-6(11)4-8(7)13/h2-5,11,13H,1H3. The number of ketones is 1. The van der Waals surface area contributed by atoms with Gasteiger partial charge in [-0.3, -0.25) is 4.79 Å². The van der Waals surface area contributed by atoms with Crippen molar-refractivity contribution in [3.8, 4) is 5.75 Å². The number of rotatable bonds is 2. The summed E-state index contributed by atoms with van der Waals surface area (Å²) in [4.78, 5) is 11.9. The Labute approximate surface area is 86.9 Å². The van der Waals surface area contributed by atoms with E-state index in [0.29, 0.717) is 10.5 Å². The summed E-state index contributed by atoms with van der Waals surface area (Å²) in [5, 5.41) is 8.49. The van der Waals surface area contributed by atoms with Crippen molar-refractivity contribution in [2.75, 3.05) is 0 Å². The van der Waals surface area contributed by atoms with Gasteiger partial charge in [0.1, 0.15) is 5.75 Å². The summed E-state index contributed by atoms with van der Waals surface area (Å²) < 4.78 is 0. The van der Waals surface area contributed by atoms with E-state index < -0.39 is 5.38 Å². The third kappa shape index (κ3) is 2.39. The number of thiol groups is 1. The van der Waals surface area contributed by atoms with Crippen molar-refractivity contribution in [1.82, 2.24) is 0 Å². The predicted molar refractivity (Wildman–Crippen MR) is 55.0 cm³/mol. The smallest absolute Gasteiger partial charge is 0.181 e. The van der Waals surface area contributed by atoms with Gasteiger partial charge in [0.15, 0.2) is 5.78 Å². The van der Waals surface area contributed by atoms with Gasteiger partial charge in [0.25, 0.3) is 0 Å². The molecule has 1 N–H and O–H groups in total. The van der Waals surface area contributed by atoms with Gasteiger partial charge in [-0.05, 0) is 25.1 Å². The van der Waals surface area contributed by atoms with Crippen LogP contribution in [0.1, 0.15) is 17.3 Å². The average Bonchev–Trinajstić information content (AvgIpc) is 2.03. The SMILES string of the molecule is CC(Cl)C(=O)c1ccc(O)cc1S. The first-order valence-corrected chi connectivity index (χ1v) is 4.61. The molecule has 0 spiro atoms. The molecule has 0 saturated heterocycles. The zero-order chi connectivity index (χ0) is 10.0. The summed E-state index contributed by atoms with van der Waals surface area (Å²) in [5.74, 6) is -0.101. The molecule has 1 aromatic carbocycles. The van der Waals surface area contributed by atoms with Crippen molar-refractivity contribution >= 4 is 30.0 Å². The Hall–Kier alpha value is -0.670. The molecule has 13 heavy (non-hydrogen) atoms. The minimum atomic E-state index is -0.574. The monoisotopic (exact) mass is 216 g/mol. The van der Waals surface area contributed by atoms with Crippen LogP contribution < -0.4 is 0 Å². The fourth-order valence-corrected chi connectivity index (χ4v) is 1.38. The lowest BCUT2D eigenvalue weighted by molar-refractivity contribution is 0.0989. The highest BCUT2D eigenvalue weighted by atomic mass is 35.5. The number of halogens is 1. The van der Waals surface area contributed by atoms with E-state index in [1.54, 1.807) is 6.92 Å². The number of aromatic hydroxyl groups is 1. The van der Waals surface area contributed by atoms with Crippen molar-refractivity contribution in [1.29, 1.82) is 0 Å². The lowest BCUT2D eigenvalue weighted by Gasteiger charge is -2.05. The number of benzene rings is 1. The summed E-state index contributed by atoms with van der Waals surface area (Å²) in [6, 6.07) is 4.36. The molecule has 0 aromatic heterocycles. The number of phenolic OH excluding ortho intramolecular Hbond substituents is 1. The fourth-order valence-electron chi connectivity index (χ4n) is 0.943. The van der Waals surface area contributed by atoms with Crippen molar-refractivity contribution in [2.24, 2.45) is 0 Å². The van der Waals surface area contributed by atoms with E-state index in [1.807, 2.05) is 0 Å². The first kappa shape index (κ1) is 10.4. The first-order chi connectivity index (χ1) is 6.02. The van der Waals surface area contributed by atoms with Gasteiger partial charge in [-0.25, -0.2) is 0 Å². The molecule has 0 aliphatic heterocycles. The van der Waals surface area contributed by atoms with E-state index in [9.17, 15) is 4.79 Å². The molecule has 0 saturated carbocycles. The Kier molecular flexibility index (Phi) is 3.22. The Balaban J connectivity index is 3.09. The van der Waals surface area contributed by atoms with Crippen LogP contribution >= 0.6 is 24.2 Å². The van der Waals surface area contributed by atoms with Crippen molar-refractivity contribution in [3.05, 3.63) is 23.8 Å². The maximum atomic E-state index is 11.4. The zero-order valence-electron chi connectivity index (χ0n) is 6.99. The minimum absolute atomic E-state index is 0.0868. The van der Waals surface area contributed by atoms with Crippen LogP contribution in [0.3, 0.4) is 0 Å². The largest absolute Gasteiger partial charge is 0.508 e. The van der Waals surface area contributed by atoms with Gasteiger partial charge in [-0.2, -0.15) is 0 Å². The topological polar surface area (TPSA) is 37.3 Å². The van der Waals surface area contributed by atoms with Crippen LogP contribution in [0.5, 0.6) is 5.75 Å². The van der Waals surface area contributed by atoms with Crippen molar-refractivity contribution in [2.45, 2.75) is 17.2 Å². The second kappa shape index (κ2) is 4.03. The second-order valence-electron chi connectivity index (χ2n) is 2.68. The van der Waals surface area contributed by atoms with E-state index >= 15 is 0 Å². The highest BCUT2D eigenvalue weighted by Gasteiger charge is 2.14. The normalized spacial score (nSPS) is 12.5. The van der Waals surface area contributed by atoms with Crippen LogP contribution in [0.2, 0.25) is 0 Å².